The number of rotatable bonds is 6. The van der Waals surface area contributed by atoms with Crippen molar-refractivity contribution in [3.05, 3.63) is 54.6 Å². The highest BCUT2D eigenvalue weighted by atomic mass is 32.2. The minimum atomic E-state index is -3.85. The largest absolute Gasteiger partial charge is 0.494 e. The molecule has 0 amide bonds. The lowest BCUT2D eigenvalue weighted by Gasteiger charge is -2.30. The Bertz CT molecular complexity index is 1080. The molecule has 1 aliphatic heterocycles. The monoisotopic (exact) mass is 426 g/mol. The van der Waals surface area contributed by atoms with Gasteiger partial charge in [-0.15, -0.1) is 0 Å². The second-order valence-electron chi connectivity index (χ2n) is 7.57. The van der Waals surface area contributed by atoms with E-state index < -0.39 is 9.84 Å². The lowest BCUT2D eigenvalue weighted by atomic mass is 9.99. The predicted octanol–water partition coefficient (Wildman–Crippen LogP) is 4.81. The normalized spacial score (nSPS) is 15.3. The van der Waals surface area contributed by atoms with Gasteiger partial charge in [0.25, 0.3) is 0 Å². The van der Waals surface area contributed by atoms with Crippen molar-refractivity contribution in [2.45, 2.75) is 36.6 Å². The van der Waals surface area contributed by atoms with Crippen LogP contribution in [-0.2, 0) is 9.84 Å². The first kappa shape index (κ1) is 20.5. The van der Waals surface area contributed by atoms with Crippen molar-refractivity contribution >= 4 is 15.7 Å². The highest BCUT2D eigenvalue weighted by Gasteiger charge is 2.32. The molecular weight excluding hydrogens is 400 g/mol. The summed E-state index contributed by atoms with van der Waals surface area (Å²) in [5.41, 5.74) is 0.747. The van der Waals surface area contributed by atoms with Crippen LogP contribution in [0.4, 0.5) is 5.88 Å². The molecule has 0 aliphatic carbocycles. The lowest BCUT2D eigenvalue weighted by molar-refractivity contribution is 0.340. The average molecular weight is 427 g/mol. The van der Waals surface area contributed by atoms with Gasteiger partial charge in [0.1, 0.15) is 5.75 Å². The Kier molecular flexibility index (Phi) is 5.81. The van der Waals surface area contributed by atoms with Crippen molar-refractivity contribution in [1.82, 2.24) is 4.98 Å². The number of sulfone groups is 1. The minimum Gasteiger partial charge on any atom is -0.494 e. The summed E-state index contributed by atoms with van der Waals surface area (Å²) in [6, 6.07) is 15.8. The van der Waals surface area contributed by atoms with Crippen LogP contribution in [0.1, 0.15) is 26.7 Å². The third-order valence-corrected chi connectivity index (χ3v) is 7.04. The molecule has 0 spiro atoms. The van der Waals surface area contributed by atoms with E-state index in [1.807, 2.05) is 42.2 Å². The number of nitrogens with zero attached hydrogens (tertiary/aromatic N) is 2. The van der Waals surface area contributed by atoms with Crippen LogP contribution in [-0.4, -0.2) is 33.1 Å². The number of piperidine rings is 1. The molecule has 158 valence electrons. The van der Waals surface area contributed by atoms with Gasteiger partial charge in [0.15, 0.2) is 0 Å². The maximum Gasteiger partial charge on any atom is 0.236 e. The highest BCUT2D eigenvalue weighted by molar-refractivity contribution is 7.91. The van der Waals surface area contributed by atoms with E-state index in [1.165, 1.54) is 0 Å². The summed E-state index contributed by atoms with van der Waals surface area (Å²) in [6.45, 7) is 6.11. The molecule has 1 aliphatic rings. The topological polar surface area (TPSA) is 72.6 Å². The molecule has 0 N–H and O–H groups in total. The lowest BCUT2D eigenvalue weighted by Crippen LogP contribution is -2.33. The van der Waals surface area contributed by atoms with Crippen LogP contribution in [0.15, 0.2) is 68.9 Å². The highest BCUT2D eigenvalue weighted by Crippen LogP contribution is 2.36. The molecule has 2 heterocycles. The molecule has 4 rings (SSSR count). The summed E-state index contributed by atoms with van der Waals surface area (Å²) >= 11 is 0. The first-order valence-electron chi connectivity index (χ1n) is 10.3. The van der Waals surface area contributed by atoms with Crippen molar-refractivity contribution in [1.29, 1.82) is 0 Å². The van der Waals surface area contributed by atoms with Gasteiger partial charge in [-0.2, -0.15) is 4.98 Å². The molecule has 1 aromatic heterocycles. The van der Waals surface area contributed by atoms with Crippen LogP contribution in [0.2, 0.25) is 0 Å². The van der Waals surface area contributed by atoms with Gasteiger partial charge in [0, 0.05) is 18.7 Å². The van der Waals surface area contributed by atoms with Crippen molar-refractivity contribution in [2.24, 2.45) is 5.92 Å². The molecule has 3 aromatic rings. The van der Waals surface area contributed by atoms with Crippen molar-refractivity contribution in [2.75, 3.05) is 24.6 Å². The van der Waals surface area contributed by atoms with E-state index in [0.29, 0.717) is 30.0 Å². The van der Waals surface area contributed by atoms with Gasteiger partial charge in [-0.1, -0.05) is 25.1 Å². The van der Waals surface area contributed by atoms with Crippen molar-refractivity contribution < 1.29 is 17.6 Å². The number of aromatic nitrogens is 1. The SMILES string of the molecule is CCOc1ccc(S(=O)(=O)c2nc(-c3ccccc3)oc2N2CCC(C)CC2)cc1. The smallest absolute Gasteiger partial charge is 0.236 e. The van der Waals surface area contributed by atoms with Crippen LogP contribution in [0.5, 0.6) is 5.75 Å². The van der Waals surface area contributed by atoms with Gasteiger partial charge in [-0.05, 0) is 62.1 Å². The van der Waals surface area contributed by atoms with E-state index in [1.54, 1.807) is 24.3 Å². The predicted molar refractivity (Wildman–Crippen MR) is 116 cm³/mol. The maximum atomic E-state index is 13.5. The number of anilines is 1. The summed E-state index contributed by atoms with van der Waals surface area (Å²) in [5, 5.41) is -0.0277. The number of ether oxygens (including phenoxy) is 1. The second-order valence-corrected chi connectivity index (χ2v) is 9.44. The van der Waals surface area contributed by atoms with E-state index in [2.05, 4.69) is 11.9 Å². The van der Waals surface area contributed by atoms with Gasteiger partial charge in [-0.25, -0.2) is 8.42 Å². The standard InChI is InChI=1S/C23H26N2O4S/c1-3-28-19-9-11-20(12-10-19)30(26,27)22-23(25-15-13-17(2)14-16-25)29-21(24-22)18-7-5-4-6-8-18/h4-12,17H,3,13-16H2,1-2H3. The van der Waals surface area contributed by atoms with E-state index in [4.69, 9.17) is 9.15 Å². The molecule has 0 saturated carbocycles. The maximum absolute atomic E-state index is 13.5. The quantitative estimate of drug-likeness (QED) is 0.563. The van der Waals surface area contributed by atoms with Gasteiger partial charge in [0.2, 0.25) is 26.6 Å². The first-order chi connectivity index (χ1) is 14.5. The number of hydrogen-bond acceptors (Lipinski definition) is 6. The Morgan fingerprint density at radius 3 is 2.37 bits per heavy atom. The van der Waals surface area contributed by atoms with Crippen LogP contribution in [0.25, 0.3) is 11.5 Å². The van der Waals surface area contributed by atoms with Crippen LogP contribution < -0.4 is 9.64 Å². The molecule has 1 saturated heterocycles. The van der Waals surface area contributed by atoms with Gasteiger partial charge < -0.3 is 14.1 Å². The Hall–Kier alpha value is -2.80. The van der Waals surface area contributed by atoms with Crippen LogP contribution in [0.3, 0.4) is 0 Å². The summed E-state index contributed by atoms with van der Waals surface area (Å²) in [7, 11) is -3.85. The fourth-order valence-electron chi connectivity index (χ4n) is 3.58. The summed E-state index contributed by atoms with van der Waals surface area (Å²) in [4.78, 5) is 6.63. The van der Waals surface area contributed by atoms with E-state index in [-0.39, 0.29) is 9.92 Å². The van der Waals surface area contributed by atoms with Crippen molar-refractivity contribution in [3.8, 4) is 17.2 Å². The molecule has 0 atom stereocenters. The number of hydrogen-bond donors (Lipinski definition) is 0. The molecule has 6 nitrogen and oxygen atoms in total. The second kappa shape index (κ2) is 8.52. The average Bonchev–Trinajstić information content (AvgIpc) is 3.22. The van der Waals surface area contributed by atoms with Gasteiger partial charge in [0.05, 0.1) is 11.5 Å². The fraction of sp³-hybridized carbons (Fsp3) is 0.348. The van der Waals surface area contributed by atoms with Crippen molar-refractivity contribution in [3.63, 3.8) is 0 Å². The number of benzene rings is 2. The number of oxazole rings is 1. The fourth-order valence-corrected chi connectivity index (χ4v) is 4.90. The third kappa shape index (κ3) is 4.07. The summed E-state index contributed by atoms with van der Waals surface area (Å²) in [6.07, 6.45) is 1.98. The first-order valence-corrected chi connectivity index (χ1v) is 11.8. The van der Waals surface area contributed by atoms with Gasteiger partial charge in [-0.3, -0.25) is 0 Å². The molecular formula is C23H26N2O4S. The van der Waals surface area contributed by atoms with Gasteiger partial charge >= 0.3 is 0 Å². The Balaban J connectivity index is 1.77. The molecule has 30 heavy (non-hydrogen) atoms. The zero-order valence-corrected chi connectivity index (χ0v) is 18.1. The Labute approximate surface area is 177 Å². The van der Waals surface area contributed by atoms with Crippen LogP contribution in [0, 0.1) is 5.92 Å². The molecule has 1 fully saturated rings. The minimum absolute atomic E-state index is 0.0277. The molecule has 0 radical (unpaired) electrons. The Morgan fingerprint density at radius 2 is 1.73 bits per heavy atom. The van der Waals surface area contributed by atoms with E-state index >= 15 is 0 Å². The van der Waals surface area contributed by atoms with Crippen LogP contribution >= 0.6 is 0 Å². The van der Waals surface area contributed by atoms with E-state index in [9.17, 15) is 8.42 Å². The third-order valence-electron chi connectivity index (χ3n) is 5.37. The van der Waals surface area contributed by atoms with E-state index in [0.717, 1.165) is 31.5 Å². The zero-order valence-electron chi connectivity index (χ0n) is 17.2. The molecule has 0 bridgehead atoms. The molecule has 2 aromatic carbocycles. The molecule has 7 heteroatoms. The summed E-state index contributed by atoms with van der Waals surface area (Å²) in [5.74, 6) is 1.89. The zero-order chi connectivity index (χ0) is 21.1. The summed E-state index contributed by atoms with van der Waals surface area (Å²) < 4.78 is 38.5. The molecule has 0 unspecified atom stereocenters. The Morgan fingerprint density at radius 1 is 1.07 bits per heavy atom.